The zero-order chi connectivity index (χ0) is 17.4. The number of rotatable bonds is 8. The molecule has 0 radical (unpaired) electrons. The van der Waals surface area contributed by atoms with E-state index in [1.54, 1.807) is 6.21 Å². The largest absolute Gasteiger partial charge is 0.493 e. The molecule has 10 heteroatoms. The third kappa shape index (κ3) is 6.10. The molecule has 0 saturated heterocycles. The van der Waals surface area contributed by atoms with Crippen LogP contribution < -0.4 is 15.9 Å². The Morgan fingerprint density at radius 1 is 1.54 bits per heavy atom. The highest BCUT2D eigenvalue weighted by Gasteiger charge is 2.06. The van der Waals surface area contributed by atoms with Crippen molar-refractivity contribution < 1.29 is 9.53 Å². The van der Waals surface area contributed by atoms with Gasteiger partial charge in [-0.3, -0.25) is 4.79 Å². The number of carbonyl (C=O) groups is 1. The van der Waals surface area contributed by atoms with Gasteiger partial charge in [0.2, 0.25) is 5.13 Å². The number of halogens is 1. The zero-order valence-electron chi connectivity index (χ0n) is 12.9. The molecule has 2 aromatic rings. The highest BCUT2D eigenvalue weighted by atomic mass is 79.9. The second-order valence-corrected chi connectivity index (χ2v) is 7.67. The Balaban J connectivity index is 1.88. The number of nitrogen functional groups attached to an aromatic ring is 1. The fraction of sp³-hybridized carbons (Fsp3) is 0.286. The lowest BCUT2D eigenvalue weighted by Crippen LogP contribution is -2.19. The first-order valence-electron chi connectivity index (χ1n) is 7.04. The molecule has 0 saturated carbocycles. The fourth-order valence-corrected chi connectivity index (χ4v) is 3.38. The highest BCUT2D eigenvalue weighted by Crippen LogP contribution is 2.23. The van der Waals surface area contributed by atoms with E-state index in [1.165, 1.54) is 23.1 Å². The lowest BCUT2D eigenvalue weighted by molar-refractivity contribution is -0.118. The Bertz CT molecular complexity index is 723. The number of hydrogen-bond donors (Lipinski definition) is 2. The van der Waals surface area contributed by atoms with Crippen LogP contribution in [0.2, 0.25) is 0 Å². The number of hydrogen-bond acceptors (Lipinski definition) is 8. The van der Waals surface area contributed by atoms with E-state index < -0.39 is 0 Å². The maximum absolute atomic E-state index is 11.8. The van der Waals surface area contributed by atoms with Crippen molar-refractivity contribution in [3.05, 3.63) is 28.2 Å². The van der Waals surface area contributed by atoms with Crippen LogP contribution in [0.1, 0.15) is 18.9 Å². The maximum Gasteiger partial charge on any atom is 0.250 e. The SMILES string of the molecule is CCCOc1ccc(Br)cc1C=NNC(=O)CSc1nnc(N)s1. The molecule has 0 bridgehead atoms. The molecule has 0 atom stereocenters. The number of ether oxygens (including phenoxy) is 1. The predicted molar refractivity (Wildman–Crippen MR) is 101 cm³/mol. The summed E-state index contributed by atoms with van der Waals surface area (Å²) in [6.07, 6.45) is 2.47. The predicted octanol–water partition coefficient (Wildman–Crippen LogP) is 2.91. The van der Waals surface area contributed by atoms with E-state index in [1.807, 2.05) is 25.1 Å². The number of nitrogens with one attached hydrogen (secondary N) is 1. The molecule has 1 heterocycles. The topological polar surface area (TPSA) is 102 Å². The second kappa shape index (κ2) is 9.60. The second-order valence-electron chi connectivity index (χ2n) is 4.52. The van der Waals surface area contributed by atoms with Gasteiger partial charge in [0.1, 0.15) is 5.75 Å². The Kier molecular flexibility index (Phi) is 7.47. The van der Waals surface area contributed by atoms with Gasteiger partial charge in [-0.2, -0.15) is 5.10 Å². The first-order valence-corrected chi connectivity index (χ1v) is 9.64. The van der Waals surface area contributed by atoms with Crippen molar-refractivity contribution in [2.75, 3.05) is 18.1 Å². The Morgan fingerprint density at radius 3 is 3.08 bits per heavy atom. The van der Waals surface area contributed by atoms with Crippen LogP contribution in [-0.4, -0.2) is 34.7 Å². The molecular weight excluding hydrogens is 414 g/mol. The number of nitrogens with two attached hydrogens (primary N) is 1. The van der Waals surface area contributed by atoms with Crippen molar-refractivity contribution in [1.82, 2.24) is 15.6 Å². The van der Waals surface area contributed by atoms with Crippen LogP contribution in [0.25, 0.3) is 0 Å². The molecule has 0 spiro atoms. The molecule has 128 valence electrons. The number of amides is 1. The van der Waals surface area contributed by atoms with Gasteiger partial charge in [-0.15, -0.1) is 10.2 Å². The van der Waals surface area contributed by atoms with Crippen molar-refractivity contribution in [2.24, 2.45) is 5.10 Å². The number of anilines is 1. The summed E-state index contributed by atoms with van der Waals surface area (Å²) in [5, 5.41) is 11.9. The molecule has 7 nitrogen and oxygen atoms in total. The van der Waals surface area contributed by atoms with Gasteiger partial charge in [-0.05, 0) is 24.6 Å². The Hall–Kier alpha value is -1.65. The third-order valence-corrected chi connectivity index (χ3v) is 4.95. The van der Waals surface area contributed by atoms with E-state index in [0.29, 0.717) is 16.1 Å². The summed E-state index contributed by atoms with van der Waals surface area (Å²) in [7, 11) is 0. The summed E-state index contributed by atoms with van der Waals surface area (Å²) in [6.45, 7) is 2.66. The van der Waals surface area contributed by atoms with Crippen molar-refractivity contribution in [3.8, 4) is 5.75 Å². The van der Waals surface area contributed by atoms with Crippen molar-refractivity contribution >= 4 is 56.3 Å². The smallest absolute Gasteiger partial charge is 0.250 e. The van der Waals surface area contributed by atoms with E-state index in [4.69, 9.17) is 10.5 Å². The number of hydrazone groups is 1. The van der Waals surface area contributed by atoms with Crippen LogP contribution >= 0.6 is 39.0 Å². The molecule has 24 heavy (non-hydrogen) atoms. The summed E-state index contributed by atoms with van der Waals surface area (Å²) in [5.41, 5.74) is 8.74. The minimum atomic E-state index is -0.240. The molecule has 0 unspecified atom stereocenters. The minimum Gasteiger partial charge on any atom is -0.493 e. The summed E-state index contributed by atoms with van der Waals surface area (Å²) < 4.78 is 7.21. The number of carbonyl (C=O) groups excluding carboxylic acids is 1. The van der Waals surface area contributed by atoms with Gasteiger partial charge in [-0.25, -0.2) is 5.43 Å². The van der Waals surface area contributed by atoms with Gasteiger partial charge in [0.15, 0.2) is 4.34 Å². The fourth-order valence-electron chi connectivity index (χ4n) is 1.58. The lowest BCUT2D eigenvalue weighted by Gasteiger charge is -2.08. The van der Waals surface area contributed by atoms with Crippen molar-refractivity contribution in [2.45, 2.75) is 17.7 Å². The molecule has 1 amide bonds. The van der Waals surface area contributed by atoms with E-state index in [2.05, 4.69) is 36.7 Å². The molecule has 0 aliphatic rings. The van der Waals surface area contributed by atoms with Gasteiger partial charge >= 0.3 is 0 Å². The van der Waals surface area contributed by atoms with Crippen LogP contribution in [0.3, 0.4) is 0 Å². The number of benzene rings is 1. The van der Waals surface area contributed by atoms with Gasteiger partial charge in [0.25, 0.3) is 5.91 Å². The van der Waals surface area contributed by atoms with Crippen LogP contribution in [-0.2, 0) is 4.79 Å². The van der Waals surface area contributed by atoms with Crippen LogP contribution in [0, 0.1) is 0 Å². The summed E-state index contributed by atoms with van der Waals surface area (Å²) >= 11 is 5.91. The Labute approximate surface area is 156 Å². The molecule has 0 fully saturated rings. The van der Waals surface area contributed by atoms with Crippen molar-refractivity contribution in [3.63, 3.8) is 0 Å². The van der Waals surface area contributed by atoms with E-state index in [0.717, 1.165) is 22.2 Å². The standard InChI is InChI=1S/C14H16BrN5O2S2/c1-2-5-22-11-4-3-10(15)6-9(11)7-17-18-12(21)8-23-14-20-19-13(16)24-14/h3-4,6-7H,2,5,8H2,1H3,(H2,16,19)(H,18,21). The van der Waals surface area contributed by atoms with E-state index in [-0.39, 0.29) is 11.7 Å². The number of thioether (sulfide) groups is 1. The monoisotopic (exact) mass is 429 g/mol. The first-order chi connectivity index (χ1) is 11.6. The third-order valence-electron chi connectivity index (χ3n) is 2.58. The van der Waals surface area contributed by atoms with Crippen LogP contribution in [0.15, 0.2) is 32.1 Å². The highest BCUT2D eigenvalue weighted by molar-refractivity contribution is 9.10. The van der Waals surface area contributed by atoms with Crippen LogP contribution in [0.4, 0.5) is 5.13 Å². The molecule has 1 aromatic carbocycles. The average molecular weight is 430 g/mol. The molecule has 1 aromatic heterocycles. The van der Waals surface area contributed by atoms with E-state index in [9.17, 15) is 4.79 Å². The van der Waals surface area contributed by atoms with Gasteiger partial charge < -0.3 is 10.5 Å². The Morgan fingerprint density at radius 2 is 2.38 bits per heavy atom. The average Bonchev–Trinajstić information content (AvgIpc) is 2.98. The first kappa shape index (κ1) is 18.7. The lowest BCUT2D eigenvalue weighted by atomic mass is 10.2. The van der Waals surface area contributed by atoms with Crippen LogP contribution in [0.5, 0.6) is 5.75 Å². The maximum atomic E-state index is 11.8. The summed E-state index contributed by atoms with van der Waals surface area (Å²) in [6, 6.07) is 5.63. The van der Waals surface area contributed by atoms with E-state index >= 15 is 0 Å². The molecule has 0 aliphatic heterocycles. The molecule has 0 aliphatic carbocycles. The van der Waals surface area contributed by atoms with Crippen molar-refractivity contribution in [1.29, 1.82) is 0 Å². The summed E-state index contributed by atoms with van der Waals surface area (Å²) in [5.74, 6) is 0.664. The van der Waals surface area contributed by atoms with Gasteiger partial charge in [0.05, 0.1) is 18.6 Å². The quantitative estimate of drug-likeness (QED) is 0.379. The molecule has 2 rings (SSSR count). The number of nitrogens with zero attached hydrogens (tertiary/aromatic N) is 3. The normalized spacial score (nSPS) is 10.9. The summed E-state index contributed by atoms with van der Waals surface area (Å²) in [4.78, 5) is 11.8. The number of aromatic nitrogens is 2. The van der Waals surface area contributed by atoms with Gasteiger partial charge in [-0.1, -0.05) is 46.0 Å². The minimum absolute atomic E-state index is 0.184. The molecular formula is C14H16BrN5O2S2. The van der Waals surface area contributed by atoms with Gasteiger partial charge in [0, 0.05) is 10.0 Å². The zero-order valence-corrected chi connectivity index (χ0v) is 16.1. The molecule has 3 N–H and O–H groups in total.